The SMILES string of the molecule is CNC(Cc1ccc(Cl)cc1F)CC1CCC1. The summed E-state index contributed by atoms with van der Waals surface area (Å²) in [6.07, 6.45) is 5.92. The van der Waals surface area contributed by atoms with Crippen LogP contribution in [0.5, 0.6) is 0 Å². The minimum absolute atomic E-state index is 0.189. The molecule has 0 saturated heterocycles. The van der Waals surface area contributed by atoms with E-state index in [4.69, 9.17) is 11.6 Å². The third kappa shape index (κ3) is 3.43. The third-order valence-electron chi connectivity index (χ3n) is 3.73. The van der Waals surface area contributed by atoms with Crippen molar-refractivity contribution in [1.29, 1.82) is 0 Å². The van der Waals surface area contributed by atoms with Crippen LogP contribution in [0.4, 0.5) is 4.39 Å². The van der Waals surface area contributed by atoms with Crippen molar-refractivity contribution < 1.29 is 4.39 Å². The average Bonchev–Trinajstić information content (AvgIpc) is 2.24. The van der Waals surface area contributed by atoms with Crippen molar-refractivity contribution in [1.82, 2.24) is 5.32 Å². The minimum Gasteiger partial charge on any atom is -0.317 e. The summed E-state index contributed by atoms with van der Waals surface area (Å²) in [6, 6.07) is 5.32. The zero-order valence-electron chi connectivity index (χ0n) is 10.2. The first-order chi connectivity index (χ1) is 8.19. The Bertz CT molecular complexity index is 376. The number of benzene rings is 1. The van der Waals surface area contributed by atoms with Gasteiger partial charge in [-0.3, -0.25) is 0 Å². The maximum Gasteiger partial charge on any atom is 0.127 e. The van der Waals surface area contributed by atoms with Gasteiger partial charge in [-0.25, -0.2) is 4.39 Å². The molecule has 3 heteroatoms. The molecular weight excluding hydrogens is 237 g/mol. The van der Waals surface area contributed by atoms with Gasteiger partial charge in [-0.2, -0.15) is 0 Å². The molecule has 1 aromatic rings. The van der Waals surface area contributed by atoms with E-state index in [0.717, 1.165) is 24.3 Å². The summed E-state index contributed by atoms with van der Waals surface area (Å²) in [5.74, 6) is 0.647. The van der Waals surface area contributed by atoms with E-state index < -0.39 is 0 Å². The number of hydrogen-bond donors (Lipinski definition) is 1. The highest BCUT2D eigenvalue weighted by molar-refractivity contribution is 6.30. The second-order valence-electron chi connectivity index (χ2n) is 4.96. The molecule has 0 heterocycles. The van der Waals surface area contributed by atoms with Crippen molar-refractivity contribution in [3.8, 4) is 0 Å². The van der Waals surface area contributed by atoms with Crippen molar-refractivity contribution in [3.63, 3.8) is 0 Å². The predicted octanol–water partition coefficient (Wildman–Crippen LogP) is 3.80. The van der Waals surface area contributed by atoms with Crippen LogP contribution in [0.2, 0.25) is 5.02 Å². The molecule has 2 rings (SSSR count). The number of halogens is 2. The summed E-state index contributed by atoms with van der Waals surface area (Å²) in [6.45, 7) is 0. The lowest BCUT2D eigenvalue weighted by Gasteiger charge is -2.29. The van der Waals surface area contributed by atoms with Gasteiger partial charge in [-0.15, -0.1) is 0 Å². The Labute approximate surface area is 107 Å². The number of likely N-dealkylation sites (N-methyl/N-ethyl adjacent to an activating group) is 1. The van der Waals surface area contributed by atoms with Crippen LogP contribution < -0.4 is 5.32 Å². The Morgan fingerprint density at radius 1 is 1.47 bits per heavy atom. The summed E-state index contributed by atoms with van der Waals surface area (Å²) >= 11 is 5.75. The van der Waals surface area contributed by atoms with Gasteiger partial charge in [0.15, 0.2) is 0 Å². The summed E-state index contributed by atoms with van der Waals surface area (Å²) in [4.78, 5) is 0. The van der Waals surface area contributed by atoms with E-state index in [1.165, 1.54) is 25.3 Å². The highest BCUT2D eigenvalue weighted by atomic mass is 35.5. The van der Waals surface area contributed by atoms with Crippen LogP contribution >= 0.6 is 11.6 Å². The Kier molecular flexibility index (Phi) is 4.41. The van der Waals surface area contributed by atoms with E-state index in [1.807, 2.05) is 7.05 Å². The van der Waals surface area contributed by atoms with E-state index in [1.54, 1.807) is 12.1 Å². The molecule has 0 aliphatic heterocycles. The molecule has 1 fully saturated rings. The molecular formula is C14H19ClFN. The first kappa shape index (κ1) is 12.8. The number of nitrogens with one attached hydrogen (secondary N) is 1. The lowest BCUT2D eigenvalue weighted by molar-refractivity contribution is 0.263. The largest absolute Gasteiger partial charge is 0.317 e. The van der Waals surface area contributed by atoms with Gasteiger partial charge in [0.05, 0.1) is 0 Å². The Hall–Kier alpha value is -0.600. The van der Waals surface area contributed by atoms with E-state index in [0.29, 0.717) is 11.1 Å². The Morgan fingerprint density at radius 3 is 2.76 bits per heavy atom. The van der Waals surface area contributed by atoms with Gasteiger partial charge in [0.25, 0.3) is 0 Å². The van der Waals surface area contributed by atoms with E-state index >= 15 is 0 Å². The van der Waals surface area contributed by atoms with Gasteiger partial charge in [0.1, 0.15) is 5.82 Å². The molecule has 94 valence electrons. The molecule has 1 unspecified atom stereocenters. The average molecular weight is 256 g/mol. The topological polar surface area (TPSA) is 12.0 Å². The van der Waals surface area contributed by atoms with Crippen molar-refractivity contribution in [3.05, 3.63) is 34.6 Å². The van der Waals surface area contributed by atoms with Crippen LogP contribution in [0, 0.1) is 11.7 Å². The van der Waals surface area contributed by atoms with Gasteiger partial charge in [0, 0.05) is 11.1 Å². The molecule has 1 N–H and O–H groups in total. The predicted molar refractivity (Wildman–Crippen MR) is 69.9 cm³/mol. The zero-order valence-corrected chi connectivity index (χ0v) is 10.9. The monoisotopic (exact) mass is 255 g/mol. The van der Waals surface area contributed by atoms with Gasteiger partial charge >= 0.3 is 0 Å². The third-order valence-corrected chi connectivity index (χ3v) is 3.97. The van der Waals surface area contributed by atoms with Crippen molar-refractivity contribution in [2.45, 2.75) is 38.1 Å². The van der Waals surface area contributed by atoms with Gasteiger partial charge in [-0.05, 0) is 43.5 Å². The Balaban J connectivity index is 1.96. The quantitative estimate of drug-likeness (QED) is 0.844. The fourth-order valence-electron chi connectivity index (χ4n) is 2.39. The van der Waals surface area contributed by atoms with Crippen LogP contribution in [0.15, 0.2) is 18.2 Å². The second-order valence-corrected chi connectivity index (χ2v) is 5.39. The second kappa shape index (κ2) is 5.83. The fraction of sp³-hybridized carbons (Fsp3) is 0.571. The summed E-state index contributed by atoms with van der Waals surface area (Å²) in [5, 5.41) is 3.76. The molecule has 0 radical (unpaired) electrons. The first-order valence-electron chi connectivity index (χ1n) is 6.30. The normalized spacial score (nSPS) is 17.8. The molecule has 0 aromatic heterocycles. The fourth-order valence-corrected chi connectivity index (χ4v) is 2.55. The molecule has 1 aliphatic rings. The van der Waals surface area contributed by atoms with Crippen molar-refractivity contribution in [2.24, 2.45) is 5.92 Å². The molecule has 1 aromatic carbocycles. The van der Waals surface area contributed by atoms with Crippen LogP contribution in [0.1, 0.15) is 31.2 Å². The smallest absolute Gasteiger partial charge is 0.127 e. The highest BCUT2D eigenvalue weighted by Crippen LogP contribution is 2.31. The van der Waals surface area contributed by atoms with Crippen molar-refractivity contribution >= 4 is 11.6 Å². The lowest BCUT2D eigenvalue weighted by Crippen LogP contribution is -2.32. The van der Waals surface area contributed by atoms with E-state index in [9.17, 15) is 4.39 Å². The summed E-state index contributed by atoms with van der Waals surface area (Å²) < 4.78 is 13.7. The van der Waals surface area contributed by atoms with Crippen LogP contribution in [0.25, 0.3) is 0 Å². The number of rotatable bonds is 5. The molecule has 1 aliphatic carbocycles. The molecule has 0 spiro atoms. The standard InChI is InChI=1S/C14H19ClFN/c1-17-13(7-10-3-2-4-10)8-11-5-6-12(15)9-14(11)16/h5-6,9-10,13,17H,2-4,7-8H2,1H3. The molecule has 1 nitrogen and oxygen atoms in total. The highest BCUT2D eigenvalue weighted by Gasteiger charge is 2.22. The van der Waals surface area contributed by atoms with Crippen LogP contribution in [0.3, 0.4) is 0 Å². The van der Waals surface area contributed by atoms with Gasteiger partial charge < -0.3 is 5.32 Å². The summed E-state index contributed by atoms with van der Waals surface area (Å²) in [7, 11) is 1.96. The molecule has 0 bridgehead atoms. The van der Waals surface area contributed by atoms with Crippen molar-refractivity contribution in [2.75, 3.05) is 7.05 Å². The Morgan fingerprint density at radius 2 is 2.24 bits per heavy atom. The first-order valence-corrected chi connectivity index (χ1v) is 6.68. The van der Waals surface area contributed by atoms with E-state index in [2.05, 4.69) is 5.32 Å². The number of hydrogen-bond acceptors (Lipinski definition) is 1. The maximum atomic E-state index is 13.7. The molecule has 1 atom stereocenters. The minimum atomic E-state index is -0.189. The van der Waals surface area contributed by atoms with Crippen LogP contribution in [-0.4, -0.2) is 13.1 Å². The summed E-state index contributed by atoms with van der Waals surface area (Å²) in [5.41, 5.74) is 0.757. The zero-order chi connectivity index (χ0) is 12.3. The molecule has 0 amide bonds. The van der Waals surface area contributed by atoms with Gasteiger partial charge in [0.2, 0.25) is 0 Å². The molecule has 17 heavy (non-hydrogen) atoms. The van der Waals surface area contributed by atoms with Gasteiger partial charge in [-0.1, -0.05) is 36.9 Å². The van der Waals surface area contributed by atoms with Crippen LogP contribution in [-0.2, 0) is 6.42 Å². The maximum absolute atomic E-state index is 13.7. The molecule has 1 saturated carbocycles. The lowest BCUT2D eigenvalue weighted by atomic mass is 9.80. The van der Waals surface area contributed by atoms with E-state index in [-0.39, 0.29) is 5.82 Å².